The van der Waals surface area contributed by atoms with Crippen LogP contribution in [0.5, 0.6) is 0 Å². The van der Waals surface area contributed by atoms with Crippen molar-refractivity contribution in [2.45, 2.75) is 0 Å². The molecule has 1 aromatic carbocycles. The fourth-order valence-corrected chi connectivity index (χ4v) is 1.71. The maximum absolute atomic E-state index is 5.73. The van der Waals surface area contributed by atoms with E-state index in [1.54, 1.807) is 0 Å². The Bertz CT molecular complexity index is 473. The number of nitrogens with zero attached hydrogens (tertiary/aromatic N) is 2. The van der Waals surface area contributed by atoms with Gasteiger partial charge in [-0.15, -0.1) is 0 Å². The smallest absolute Gasteiger partial charge is 0.167 e. The Labute approximate surface area is 93.0 Å². The zero-order valence-corrected chi connectivity index (χ0v) is 9.36. The van der Waals surface area contributed by atoms with Gasteiger partial charge < -0.3 is 0 Å². The molecule has 13 heavy (non-hydrogen) atoms. The Morgan fingerprint density at radius 2 is 1.77 bits per heavy atom. The van der Waals surface area contributed by atoms with E-state index in [4.69, 9.17) is 23.2 Å². The monoisotopic (exact) mass is 276 g/mol. The van der Waals surface area contributed by atoms with Crippen molar-refractivity contribution in [1.29, 1.82) is 0 Å². The molecule has 5 heteroatoms. The highest BCUT2D eigenvalue weighted by molar-refractivity contribution is 9.10. The maximum atomic E-state index is 5.73. The van der Waals surface area contributed by atoms with Crippen LogP contribution >= 0.6 is 39.1 Å². The van der Waals surface area contributed by atoms with Crippen LogP contribution in [0.4, 0.5) is 0 Å². The quantitative estimate of drug-likeness (QED) is 0.734. The van der Waals surface area contributed by atoms with Crippen LogP contribution in [0.2, 0.25) is 10.3 Å². The molecule has 0 saturated heterocycles. The second-order valence-electron chi connectivity index (χ2n) is 2.41. The topological polar surface area (TPSA) is 25.8 Å². The first-order valence-corrected chi connectivity index (χ1v) is 5.00. The molecule has 0 saturated carbocycles. The van der Waals surface area contributed by atoms with Crippen LogP contribution < -0.4 is 0 Å². The Morgan fingerprint density at radius 1 is 1.08 bits per heavy atom. The fraction of sp³-hybridized carbons (Fsp3) is 0. The standard InChI is InChI=1S/C8H3BrCl2N2/c9-4-2-1-3-5-6(4)13-8(11)7(10)12-5/h1-3H. The van der Waals surface area contributed by atoms with E-state index in [0.29, 0.717) is 0 Å². The van der Waals surface area contributed by atoms with Gasteiger partial charge in [-0.05, 0) is 28.1 Å². The summed E-state index contributed by atoms with van der Waals surface area (Å²) in [6.45, 7) is 0. The van der Waals surface area contributed by atoms with Crippen molar-refractivity contribution >= 4 is 50.2 Å². The molecular formula is C8H3BrCl2N2. The summed E-state index contributed by atoms with van der Waals surface area (Å²) in [5, 5.41) is 0.452. The van der Waals surface area contributed by atoms with Gasteiger partial charge in [0, 0.05) is 4.47 Å². The van der Waals surface area contributed by atoms with E-state index < -0.39 is 0 Å². The molecule has 0 spiro atoms. The molecule has 0 bridgehead atoms. The zero-order valence-electron chi connectivity index (χ0n) is 6.26. The van der Waals surface area contributed by atoms with Crippen molar-refractivity contribution in [2.24, 2.45) is 0 Å². The number of rotatable bonds is 0. The minimum absolute atomic E-state index is 0.223. The van der Waals surface area contributed by atoms with Gasteiger partial charge >= 0.3 is 0 Å². The van der Waals surface area contributed by atoms with Gasteiger partial charge in [-0.25, -0.2) is 9.97 Å². The highest BCUT2D eigenvalue weighted by Crippen LogP contribution is 2.25. The van der Waals surface area contributed by atoms with Crippen molar-refractivity contribution in [3.05, 3.63) is 33.0 Å². The van der Waals surface area contributed by atoms with Crippen LogP contribution in [0.1, 0.15) is 0 Å². The lowest BCUT2D eigenvalue weighted by Gasteiger charge is -2.00. The van der Waals surface area contributed by atoms with Crippen LogP contribution in [0.3, 0.4) is 0 Å². The second kappa shape index (κ2) is 3.40. The number of benzene rings is 1. The minimum atomic E-state index is 0.223. The molecule has 0 aliphatic rings. The number of para-hydroxylation sites is 1. The van der Waals surface area contributed by atoms with Gasteiger partial charge in [0.05, 0.1) is 5.52 Å². The van der Waals surface area contributed by atoms with Crippen molar-refractivity contribution in [3.8, 4) is 0 Å². The predicted molar refractivity (Wildman–Crippen MR) is 57.3 cm³/mol. The van der Waals surface area contributed by atoms with Gasteiger partial charge in [-0.1, -0.05) is 29.3 Å². The first kappa shape index (κ1) is 9.19. The molecule has 0 atom stereocenters. The van der Waals surface area contributed by atoms with Crippen LogP contribution in [-0.4, -0.2) is 9.97 Å². The number of halogens is 3. The van der Waals surface area contributed by atoms with Crippen molar-refractivity contribution in [2.75, 3.05) is 0 Å². The van der Waals surface area contributed by atoms with Crippen molar-refractivity contribution in [1.82, 2.24) is 9.97 Å². The van der Waals surface area contributed by atoms with E-state index in [2.05, 4.69) is 25.9 Å². The largest absolute Gasteiger partial charge is 0.231 e. The molecule has 0 radical (unpaired) electrons. The normalized spacial score (nSPS) is 10.7. The first-order valence-electron chi connectivity index (χ1n) is 3.46. The van der Waals surface area contributed by atoms with Gasteiger partial charge in [0.1, 0.15) is 5.52 Å². The molecule has 1 aromatic heterocycles. The van der Waals surface area contributed by atoms with Gasteiger partial charge in [-0.3, -0.25) is 0 Å². The van der Waals surface area contributed by atoms with Gasteiger partial charge in [0.15, 0.2) is 10.3 Å². The fourth-order valence-electron chi connectivity index (χ4n) is 1.00. The summed E-state index contributed by atoms with van der Waals surface area (Å²) in [4.78, 5) is 8.18. The Kier molecular flexibility index (Phi) is 2.41. The lowest BCUT2D eigenvalue weighted by atomic mass is 10.3. The molecule has 0 unspecified atom stereocenters. The number of hydrogen-bond donors (Lipinski definition) is 0. The summed E-state index contributed by atoms with van der Waals surface area (Å²) in [5.74, 6) is 0. The highest BCUT2D eigenvalue weighted by Gasteiger charge is 2.05. The maximum Gasteiger partial charge on any atom is 0.167 e. The third-order valence-electron chi connectivity index (χ3n) is 1.56. The molecule has 0 N–H and O–H groups in total. The SMILES string of the molecule is Clc1nc2cccc(Br)c2nc1Cl. The molecule has 2 aromatic rings. The third kappa shape index (κ3) is 1.64. The summed E-state index contributed by atoms with van der Waals surface area (Å²) in [5.41, 5.74) is 1.45. The van der Waals surface area contributed by atoms with E-state index in [0.717, 1.165) is 15.5 Å². The second-order valence-corrected chi connectivity index (χ2v) is 3.98. The average Bonchev–Trinajstić information content (AvgIpc) is 2.09. The predicted octanol–water partition coefficient (Wildman–Crippen LogP) is 3.70. The van der Waals surface area contributed by atoms with Gasteiger partial charge in [0.25, 0.3) is 0 Å². The highest BCUT2D eigenvalue weighted by atomic mass is 79.9. The summed E-state index contributed by atoms with van der Waals surface area (Å²) >= 11 is 14.8. The molecule has 0 aliphatic heterocycles. The molecule has 0 fully saturated rings. The third-order valence-corrected chi connectivity index (χ3v) is 2.83. The van der Waals surface area contributed by atoms with Gasteiger partial charge in [0.2, 0.25) is 0 Å². The zero-order chi connectivity index (χ0) is 9.42. The Balaban J connectivity index is 2.89. The summed E-state index contributed by atoms with van der Waals surface area (Å²) < 4.78 is 0.857. The Morgan fingerprint density at radius 3 is 2.54 bits per heavy atom. The molecule has 0 amide bonds. The average molecular weight is 278 g/mol. The molecule has 2 nitrogen and oxygen atoms in total. The van der Waals surface area contributed by atoms with Crippen LogP contribution in [0.25, 0.3) is 11.0 Å². The molecule has 0 aliphatic carbocycles. The Hall–Kier alpha value is -0.380. The van der Waals surface area contributed by atoms with E-state index in [1.165, 1.54) is 0 Å². The number of aromatic nitrogens is 2. The van der Waals surface area contributed by atoms with E-state index >= 15 is 0 Å². The minimum Gasteiger partial charge on any atom is -0.231 e. The summed E-state index contributed by atoms with van der Waals surface area (Å²) in [6.07, 6.45) is 0. The van der Waals surface area contributed by atoms with Crippen molar-refractivity contribution in [3.63, 3.8) is 0 Å². The van der Waals surface area contributed by atoms with Crippen molar-refractivity contribution < 1.29 is 0 Å². The number of hydrogen-bond acceptors (Lipinski definition) is 2. The van der Waals surface area contributed by atoms with Gasteiger partial charge in [-0.2, -0.15) is 0 Å². The molecule has 1 heterocycles. The molecule has 2 rings (SSSR count). The lowest BCUT2D eigenvalue weighted by Crippen LogP contribution is -1.87. The van der Waals surface area contributed by atoms with E-state index in [1.807, 2.05) is 18.2 Å². The van der Waals surface area contributed by atoms with Crippen LogP contribution in [0.15, 0.2) is 22.7 Å². The van der Waals surface area contributed by atoms with Crippen LogP contribution in [0, 0.1) is 0 Å². The van der Waals surface area contributed by atoms with E-state index in [-0.39, 0.29) is 10.3 Å². The summed E-state index contributed by atoms with van der Waals surface area (Å²) in [6, 6.07) is 5.57. The molecular weight excluding hydrogens is 275 g/mol. The molecule has 66 valence electrons. The first-order chi connectivity index (χ1) is 6.18. The lowest BCUT2D eigenvalue weighted by molar-refractivity contribution is 1.29. The van der Waals surface area contributed by atoms with E-state index in [9.17, 15) is 0 Å². The number of fused-ring (bicyclic) bond motifs is 1. The van der Waals surface area contributed by atoms with Crippen LogP contribution in [-0.2, 0) is 0 Å². The summed E-state index contributed by atoms with van der Waals surface area (Å²) in [7, 11) is 0.